The van der Waals surface area contributed by atoms with Gasteiger partial charge in [0.15, 0.2) is 0 Å². The standard InChI is InChI=1S/C19H28N2O3S/c1-14-4-8-16(9-5-14)21(17-10-11-17)19(22)15-6-12-18(13-7-15)25(23,24)20(2)3/h6-7,12-14,16-17H,4-5,8-11H2,1-3H3. The molecule has 0 N–H and O–H groups in total. The van der Waals surface area contributed by atoms with Crippen LogP contribution in [0, 0.1) is 5.92 Å². The lowest BCUT2D eigenvalue weighted by molar-refractivity contribution is 0.0593. The van der Waals surface area contributed by atoms with E-state index in [-0.39, 0.29) is 10.8 Å². The van der Waals surface area contributed by atoms with Gasteiger partial charge >= 0.3 is 0 Å². The van der Waals surface area contributed by atoms with Gasteiger partial charge in [0, 0.05) is 31.7 Å². The van der Waals surface area contributed by atoms with Crippen molar-refractivity contribution in [3.8, 4) is 0 Å². The first-order valence-electron chi connectivity index (χ1n) is 9.16. The van der Waals surface area contributed by atoms with Crippen LogP contribution in [0.1, 0.15) is 55.8 Å². The quantitative estimate of drug-likeness (QED) is 0.806. The fourth-order valence-corrected chi connectivity index (χ4v) is 4.53. The van der Waals surface area contributed by atoms with Gasteiger partial charge in [0.25, 0.3) is 5.91 Å². The first-order valence-corrected chi connectivity index (χ1v) is 10.6. The van der Waals surface area contributed by atoms with Crippen LogP contribution in [0.15, 0.2) is 29.2 Å². The Hall–Kier alpha value is -1.40. The van der Waals surface area contributed by atoms with Crippen LogP contribution >= 0.6 is 0 Å². The number of carbonyl (C=O) groups excluding carboxylic acids is 1. The lowest BCUT2D eigenvalue weighted by Crippen LogP contribution is -2.43. The zero-order valence-electron chi connectivity index (χ0n) is 15.3. The van der Waals surface area contributed by atoms with Crippen LogP contribution in [0.5, 0.6) is 0 Å². The normalized spacial score (nSPS) is 24.3. The van der Waals surface area contributed by atoms with E-state index < -0.39 is 10.0 Å². The molecule has 0 saturated heterocycles. The predicted molar refractivity (Wildman–Crippen MR) is 97.9 cm³/mol. The van der Waals surface area contributed by atoms with Crippen molar-refractivity contribution in [1.29, 1.82) is 0 Å². The average Bonchev–Trinajstić information content (AvgIpc) is 3.41. The van der Waals surface area contributed by atoms with Crippen molar-refractivity contribution in [3.05, 3.63) is 29.8 Å². The topological polar surface area (TPSA) is 57.7 Å². The lowest BCUT2D eigenvalue weighted by atomic mass is 9.86. The third-order valence-corrected chi connectivity index (χ3v) is 7.26. The van der Waals surface area contributed by atoms with E-state index in [2.05, 4.69) is 11.8 Å². The molecule has 0 atom stereocenters. The van der Waals surface area contributed by atoms with Crippen molar-refractivity contribution in [2.45, 2.75) is 62.4 Å². The number of hydrogen-bond acceptors (Lipinski definition) is 3. The summed E-state index contributed by atoms with van der Waals surface area (Å²) in [6.45, 7) is 2.28. The van der Waals surface area contributed by atoms with Gasteiger partial charge in [0.05, 0.1) is 4.90 Å². The van der Waals surface area contributed by atoms with Crippen molar-refractivity contribution >= 4 is 15.9 Å². The highest BCUT2D eigenvalue weighted by atomic mass is 32.2. The summed E-state index contributed by atoms with van der Waals surface area (Å²) in [5.41, 5.74) is 0.586. The zero-order valence-corrected chi connectivity index (χ0v) is 16.1. The van der Waals surface area contributed by atoms with E-state index in [4.69, 9.17) is 0 Å². The maximum absolute atomic E-state index is 13.1. The summed E-state index contributed by atoms with van der Waals surface area (Å²) in [5, 5.41) is 0. The third kappa shape index (κ3) is 3.90. The molecule has 0 heterocycles. The summed E-state index contributed by atoms with van der Waals surface area (Å²) < 4.78 is 25.5. The molecule has 1 aromatic carbocycles. The Bertz CT molecular complexity index is 716. The molecular formula is C19H28N2O3S. The molecular weight excluding hydrogens is 336 g/mol. The van der Waals surface area contributed by atoms with E-state index in [1.165, 1.54) is 43.4 Å². The molecule has 3 rings (SSSR count). The van der Waals surface area contributed by atoms with Crippen molar-refractivity contribution in [3.63, 3.8) is 0 Å². The number of carbonyl (C=O) groups is 1. The summed E-state index contributed by atoms with van der Waals surface area (Å²) in [5.74, 6) is 0.804. The number of nitrogens with zero attached hydrogens (tertiary/aromatic N) is 2. The van der Waals surface area contributed by atoms with Crippen molar-refractivity contribution in [2.75, 3.05) is 14.1 Å². The van der Waals surface area contributed by atoms with Crippen LogP contribution in [0.2, 0.25) is 0 Å². The van der Waals surface area contributed by atoms with E-state index in [0.29, 0.717) is 17.6 Å². The molecule has 2 aliphatic rings. The molecule has 2 saturated carbocycles. The van der Waals surface area contributed by atoms with Gasteiger partial charge in [0.2, 0.25) is 10.0 Å². The molecule has 2 fully saturated rings. The number of amides is 1. The van der Waals surface area contributed by atoms with Gasteiger partial charge in [-0.15, -0.1) is 0 Å². The van der Waals surface area contributed by atoms with Gasteiger partial charge in [-0.1, -0.05) is 6.92 Å². The van der Waals surface area contributed by atoms with Crippen LogP contribution in [0.4, 0.5) is 0 Å². The Morgan fingerprint density at radius 3 is 1.84 bits per heavy atom. The number of rotatable bonds is 5. The first-order chi connectivity index (χ1) is 11.8. The van der Waals surface area contributed by atoms with E-state index >= 15 is 0 Å². The van der Waals surface area contributed by atoms with Gasteiger partial charge in [-0.25, -0.2) is 12.7 Å². The van der Waals surface area contributed by atoms with E-state index in [1.807, 2.05) is 0 Å². The van der Waals surface area contributed by atoms with Crippen LogP contribution in [0.25, 0.3) is 0 Å². The van der Waals surface area contributed by atoms with Crippen LogP contribution in [0.3, 0.4) is 0 Å². The van der Waals surface area contributed by atoms with Crippen molar-refractivity contribution < 1.29 is 13.2 Å². The highest BCUT2D eigenvalue weighted by Crippen LogP contribution is 2.36. The molecule has 25 heavy (non-hydrogen) atoms. The number of hydrogen-bond donors (Lipinski definition) is 0. The monoisotopic (exact) mass is 364 g/mol. The Balaban J connectivity index is 1.79. The van der Waals surface area contributed by atoms with E-state index in [1.54, 1.807) is 12.1 Å². The Morgan fingerprint density at radius 2 is 1.40 bits per heavy atom. The smallest absolute Gasteiger partial charge is 0.254 e. The van der Waals surface area contributed by atoms with Crippen LogP contribution in [-0.2, 0) is 10.0 Å². The highest BCUT2D eigenvalue weighted by molar-refractivity contribution is 7.89. The van der Waals surface area contributed by atoms with Crippen molar-refractivity contribution in [2.24, 2.45) is 5.92 Å². The van der Waals surface area contributed by atoms with Gasteiger partial charge in [-0.2, -0.15) is 0 Å². The molecule has 138 valence electrons. The maximum atomic E-state index is 13.1. The molecule has 0 unspecified atom stereocenters. The number of sulfonamides is 1. The Morgan fingerprint density at radius 1 is 0.920 bits per heavy atom. The molecule has 0 aromatic heterocycles. The second kappa shape index (κ2) is 7.08. The van der Waals surface area contributed by atoms with E-state index in [0.717, 1.165) is 31.6 Å². The summed E-state index contributed by atoms with van der Waals surface area (Å²) in [4.78, 5) is 15.4. The lowest BCUT2D eigenvalue weighted by Gasteiger charge is -2.36. The SMILES string of the molecule is CC1CCC(N(C(=O)c2ccc(S(=O)(=O)N(C)C)cc2)C2CC2)CC1. The van der Waals surface area contributed by atoms with Gasteiger partial charge in [-0.3, -0.25) is 4.79 Å². The summed E-state index contributed by atoms with van der Waals surface area (Å²) in [6.07, 6.45) is 6.70. The minimum Gasteiger partial charge on any atom is -0.333 e. The Labute approximate surface area is 151 Å². The first kappa shape index (κ1) is 18.4. The number of benzene rings is 1. The highest BCUT2D eigenvalue weighted by Gasteiger charge is 2.38. The molecule has 2 aliphatic carbocycles. The minimum absolute atomic E-state index is 0.0517. The summed E-state index contributed by atoms with van der Waals surface area (Å²) >= 11 is 0. The molecule has 6 heteroatoms. The predicted octanol–water partition coefficient (Wildman–Crippen LogP) is 3.12. The molecule has 0 radical (unpaired) electrons. The molecule has 0 aliphatic heterocycles. The molecule has 1 amide bonds. The van der Waals surface area contributed by atoms with Crippen LogP contribution in [-0.4, -0.2) is 49.7 Å². The van der Waals surface area contributed by atoms with E-state index in [9.17, 15) is 13.2 Å². The van der Waals surface area contributed by atoms with Crippen molar-refractivity contribution in [1.82, 2.24) is 9.21 Å². The summed E-state index contributed by atoms with van der Waals surface area (Å²) in [6, 6.07) is 7.09. The van der Waals surface area contributed by atoms with Gasteiger partial charge < -0.3 is 4.90 Å². The average molecular weight is 365 g/mol. The maximum Gasteiger partial charge on any atom is 0.254 e. The van der Waals surface area contributed by atoms with Gasteiger partial charge in [-0.05, 0) is 68.7 Å². The largest absolute Gasteiger partial charge is 0.333 e. The second-order valence-electron chi connectivity index (χ2n) is 7.67. The molecule has 0 spiro atoms. The van der Waals surface area contributed by atoms with Gasteiger partial charge in [0.1, 0.15) is 0 Å². The fourth-order valence-electron chi connectivity index (χ4n) is 3.63. The molecule has 0 bridgehead atoms. The van der Waals surface area contributed by atoms with Crippen LogP contribution < -0.4 is 0 Å². The molecule has 5 nitrogen and oxygen atoms in total. The molecule has 1 aromatic rings. The Kier molecular flexibility index (Phi) is 5.21. The fraction of sp³-hybridized carbons (Fsp3) is 0.632. The minimum atomic E-state index is -3.46. The third-order valence-electron chi connectivity index (χ3n) is 5.43. The summed E-state index contributed by atoms with van der Waals surface area (Å²) in [7, 11) is -0.447. The zero-order chi connectivity index (χ0) is 18.2. The second-order valence-corrected chi connectivity index (χ2v) is 9.82.